The van der Waals surface area contributed by atoms with Gasteiger partial charge in [0.25, 0.3) is 0 Å². The first kappa shape index (κ1) is 19.1. The molecular weight excluding hydrogens is 346 g/mol. The molecule has 0 radical (unpaired) electrons. The topological polar surface area (TPSA) is 30.5 Å². The summed E-state index contributed by atoms with van der Waals surface area (Å²) < 4.78 is 11.7. The second-order valence-electron chi connectivity index (χ2n) is 6.94. The van der Waals surface area contributed by atoms with E-state index in [9.17, 15) is 0 Å². The van der Waals surface area contributed by atoms with Gasteiger partial charge in [0.2, 0.25) is 0 Å². The molecule has 1 fully saturated rings. The van der Waals surface area contributed by atoms with Gasteiger partial charge in [-0.2, -0.15) is 0 Å². The van der Waals surface area contributed by atoms with Crippen molar-refractivity contribution in [2.45, 2.75) is 57.7 Å². The molecule has 0 amide bonds. The Morgan fingerprint density at radius 2 is 1.77 bits per heavy atom. The van der Waals surface area contributed by atoms with Crippen molar-refractivity contribution in [2.75, 3.05) is 7.11 Å². The monoisotopic (exact) mass is 373 g/mol. The lowest BCUT2D eigenvalue weighted by atomic mass is 10.1. The van der Waals surface area contributed by atoms with Crippen LogP contribution >= 0.6 is 11.6 Å². The fourth-order valence-electron chi connectivity index (χ4n) is 3.54. The Labute approximate surface area is 161 Å². The average molecular weight is 374 g/mol. The molecule has 1 N–H and O–H groups in total. The normalized spacial score (nSPS) is 15.5. The Morgan fingerprint density at radius 1 is 1.04 bits per heavy atom. The molecule has 140 valence electrons. The molecule has 0 bridgehead atoms. The third-order valence-electron chi connectivity index (χ3n) is 4.98. The van der Waals surface area contributed by atoms with Gasteiger partial charge in [-0.3, -0.25) is 0 Å². The molecule has 0 atom stereocenters. The fraction of sp³-hybridized carbons (Fsp3) is 0.455. The molecule has 1 aliphatic rings. The SMILES string of the molecule is COc1cc(Cl)cc(CNC2CCCCCC2)c1OCc1ccccc1. The number of rotatable bonds is 7. The second kappa shape index (κ2) is 9.84. The van der Waals surface area contributed by atoms with Crippen LogP contribution in [0.2, 0.25) is 5.02 Å². The molecule has 0 saturated heterocycles. The molecule has 3 rings (SSSR count). The van der Waals surface area contributed by atoms with E-state index in [0.29, 0.717) is 23.4 Å². The number of methoxy groups -OCH3 is 1. The predicted molar refractivity (Wildman–Crippen MR) is 107 cm³/mol. The van der Waals surface area contributed by atoms with E-state index in [1.807, 2.05) is 30.3 Å². The van der Waals surface area contributed by atoms with Gasteiger partial charge in [0, 0.05) is 29.2 Å². The minimum absolute atomic E-state index is 0.509. The Hall–Kier alpha value is -1.71. The summed E-state index contributed by atoms with van der Waals surface area (Å²) in [6.07, 6.45) is 7.83. The number of benzene rings is 2. The number of nitrogens with one attached hydrogen (secondary N) is 1. The molecule has 1 saturated carbocycles. The minimum atomic E-state index is 0.509. The first-order chi connectivity index (χ1) is 12.8. The highest BCUT2D eigenvalue weighted by molar-refractivity contribution is 6.30. The van der Waals surface area contributed by atoms with Crippen molar-refractivity contribution in [3.63, 3.8) is 0 Å². The molecule has 0 unspecified atom stereocenters. The molecule has 0 spiro atoms. The number of halogens is 1. The van der Waals surface area contributed by atoms with Gasteiger partial charge >= 0.3 is 0 Å². The second-order valence-corrected chi connectivity index (χ2v) is 7.38. The number of ether oxygens (including phenoxy) is 2. The van der Waals surface area contributed by atoms with Crippen molar-refractivity contribution in [2.24, 2.45) is 0 Å². The maximum atomic E-state index is 6.30. The Balaban J connectivity index is 1.73. The van der Waals surface area contributed by atoms with E-state index in [1.165, 1.54) is 38.5 Å². The summed E-state index contributed by atoms with van der Waals surface area (Å²) >= 11 is 6.30. The lowest BCUT2D eigenvalue weighted by Crippen LogP contribution is -2.28. The van der Waals surface area contributed by atoms with E-state index >= 15 is 0 Å². The smallest absolute Gasteiger partial charge is 0.166 e. The molecule has 4 heteroatoms. The standard InChI is InChI=1S/C22H28ClNO2/c1-25-21-14-19(23)13-18(15-24-20-11-7-2-3-8-12-20)22(21)26-16-17-9-5-4-6-10-17/h4-6,9-10,13-14,20,24H,2-3,7-8,11-12,15-16H2,1H3. The van der Waals surface area contributed by atoms with Gasteiger partial charge in [0.1, 0.15) is 6.61 Å². The van der Waals surface area contributed by atoms with Gasteiger partial charge in [-0.1, -0.05) is 67.6 Å². The Morgan fingerprint density at radius 3 is 2.46 bits per heavy atom. The average Bonchev–Trinajstić information content (AvgIpc) is 2.94. The van der Waals surface area contributed by atoms with Crippen molar-refractivity contribution in [1.29, 1.82) is 0 Å². The summed E-state index contributed by atoms with van der Waals surface area (Å²) in [5, 5.41) is 4.37. The summed E-state index contributed by atoms with van der Waals surface area (Å²) in [6.45, 7) is 1.25. The molecule has 26 heavy (non-hydrogen) atoms. The quantitative estimate of drug-likeness (QED) is 0.627. The maximum Gasteiger partial charge on any atom is 0.166 e. The first-order valence-electron chi connectivity index (χ1n) is 9.53. The zero-order valence-corrected chi connectivity index (χ0v) is 16.2. The van der Waals surface area contributed by atoms with Crippen molar-refractivity contribution in [1.82, 2.24) is 5.32 Å². The summed E-state index contributed by atoms with van der Waals surface area (Å²) in [4.78, 5) is 0. The third-order valence-corrected chi connectivity index (χ3v) is 5.20. The van der Waals surface area contributed by atoms with Crippen LogP contribution in [-0.2, 0) is 13.2 Å². The first-order valence-corrected chi connectivity index (χ1v) is 9.90. The van der Waals surface area contributed by atoms with Gasteiger partial charge in [-0.05, 0) is 24.5 Å². The third kappa shape index (κ3) is 5.39. The summed E-state index contributed by atoms with van der Waals surface area (Å²) in [7, 11) is 1.66. The Kier molecular flexibility index (Phi) is 7.22. The van der Waals surface area contributed by atoms with Crippen LogP contribution in [0.5, 0.6) is 11.5 Å². The molecule has 2 aromatic carbocycles. The lowest BCUT2D eigenvalue weighted by Gasteiger charge is -2.20. The van der Waals surface area contributed by atoms with E-state index in [4.69, 9.17) is 21.1 Å². The number of hydrogen-bond acceptors (Lipinski definition) is 3. The van der Waals surface area contributed by atoms with Crippen LogP contribution in [0.15, 0.2) is 42.5 Å². The molecule has 3 nitrogen and oxygen atoms in total. The highest BCUT2D eigenvalue weighted by atomic mass is 35.5. The van der Waals surface area contributed by atoms with E-state index in [0.717, 1.165) is 23.4 Å². The minimum Gasteiger partial charge on any atom is -0.493 e. The van der Waals surface area contributed by atoms with Crippen LogP contribution in [0.4, 0.5) is 0 Å². The van der Waals surface area contributed by atoms with E-state index < -0.39 is 0 Å². The molecule has 1 aliphatic carbocycles. The van der Waals surface area contributed by atoms with Crippen LogP contribution in [0.25, 0.3) is 0 Å². The highest BCUT2D eigenvalue weighted by Crippen LogP contribution is 2.35. The van der Waals surface area contributed by atoms with Crippen LogP contribution in [-0.4, -0.2) is 13.2 Å². The van der Waals surface area contributed by atoms with E-state index in [1.54, 1.807) is 7.11 Å². The van der Waals surface area contributed by atoms with E-state index in [-0.39, 0.29) is 0 Å². The van der Waals surface area contributed by atoms with Crippen molar-refractivity contribution < 1.29 is 9.47 Å². The predicted octanol–water partition coefficient (Wildman–Crippen LogP) is 5.74. The zero-order valence-electron chi connectivity index (χ0n) is 15.5. The maximum absolute atomic E-state index is 6.30. The van der Waals surface area contributed by atoms with Crippen LogP contribution in [0.1, 0.15) is 49.7 Å². The van der Waals surface area contributed by atoms with Gasteiger partial charge in [-0.25, -0.2) is 0 Å². The summed E-state index contributed by atoms with van der Waals surface area (Å²) in [6, 6.07) is 14.5. The van der Waals surface area contributed by atoms with Crippen LogP contribution < -0.4 is 14.8 Å². The van der Waals surface area contributed by atoms with E-state index in [2.05, 4.69) is 17.4 Å². The van der Waals surface area contributed by atoms with Gasteiger partial charge in [0.15, 0.2) is 11.5 Å². The van der Waals surface area contributed by atoms with Crippen molar-refractivity contribution >= 4 is 11.6 Å². The van der Waals surface area contributed by atoms with Crippen LogP contribution in [0.3, 0.4) is 0 Å². The Bertz CT molecular complexity index is 682. The van der Waals surface area contributed by atoms with Crippen molar-refractivity contribution in [3.05, 3.63) is 58.6 Å². The molecule has 2 aromatic rings. The largest absolute Gasteiger partial charge is 0.493 e. The molecule has 0 heterocycles. The number of hydrogen-bond donors (Lipinski definition) is 1. The molecular formula is C22H28ClNO2. The molecule has 0 aromatic heterocycles. The summed E-state index contributed by atoms with van der Waals surface area (Å²) in [5.41, 5.74) is 2.18. The lowest BCUT2D eigenvalue weighted by molar-refractivity contribution is 0.280. The zero-order chi connectivity index (χ0) is 18.2. The molecule has 0 aliphatic heterocycles. The fourth-order valence-corrected chi connectivity index (χ4v) is 3.77. The van der Waals surface area contributed by atoms with Gasteiger partial charge < -0.3 is 14.8 Å². The van der Waals surface area contributed by atoms with Crippen LogP contribution in [0, 0.1) is 0 Å². The van der Waals surface area contributed by atoms with Gasteiger partial charge in [0.05, 0.1) is 7.11 Å². The van der Waals surface area contributed by atoms with Gasteiger partial charge in [-0.15, -0.1) is 0 Å². The highest BCUT2D eigenvalue weighted by Gasteiger charge is 2.16. The summed E-state index contributed by atoms with van der Waals surface area (Å²) in [5.74, 6) is 1.47. The van der Waals surface area contributed by atoms with Crippen molar-refractivity contribution in [3.8, 4) is 11.5 Å².